The molecule has 1 aromatic carbocycles. The Kier molecular flexibility index (Phi) is 7.11. The second kappa shape index (κ2) is 8.59. The van der Waals surface area contributed by atoms with Crippen LogP contribution in [0.3, 0.4) is 0 Å². The van der Waals surface area contributed by atoms with Crippen LogP contribution in [-0.4, -0.2) is 32.8 Å². The molecule has 6 heteroatoms. The predicted octanol–water partition coefficient (Wildman–Crippen LogP) is 1.77. The van der Waals surface area contributed by atoms with E-state index in [0.717, 1.165) is 0 Å². The van der Waals surface area contributed by atoms with Crippen LogP contribution in [0.4, 0.5) is 4.39 Å². The van der Waals surface area contributed by atoms with E-state index in [0.29, 0.717) is 30.8 Å². The van der Waals surface area contributed by atoms with Crippen molar-refractivity contribution >= 4 is 5.91 Å². The highest BCUT2D eigenvalue weighted by Gasteiger charge is 2.19. The van der Waals surface area contributed by atoms with Gasteiger partial charge in [0.25, 0.3) is 0 Å². The smallest absolute Gasteiger partial charge is 0.237 e. The number of nitrogens with one attached hydrogen (secondary N) is 1. The lowest BCUT2D eigenvalue weighted by Crippen LogP contribution is -2.41. The first-order valence-corrected chi connectivity index (χ1v) is 6.88. The Morgan fingerprint density at radius 2 is 2.14 bits per heavy atom. The van der Waals surface area contributed by atoms with Crippen LogP contribution in [0.1, 0.15) is 31.4 Å². The minimum absolute atomic E-state index is 0.273. The largest absolute Gasteiger partial charge is 0.496 e. The number of methoxy groups -OCH3 is 2. The number of amides is 1. The van der Waals surface area contributed by atoms with Crippen LogP contribution in [0.2, 0.25) is 0 Å². The van der Waals surface area contributed by atoms with Crippen LogP contribution in [0, 0.1) is 5.82 Å². The topological polar surface area (TPSA) is 73.6 Å². The first-order chi connectivity index (χ1) is 9.99. The summed E-state index contributed by atoms with van der Waals surface area (Å²) >= 11 is 0. The second-order valence-electron chi connectivity index (χ2n) is 4.86. The summed E-state index contributed by atoms with van der Waals surface area (Å²) in [6.07, 6.45) is 1.25. The Labute approximate surface area is 124 Å². The van der Waals surface area contributed by atoms with E-state index in [1.54, 1.807) is 14.0 Å². The molecule has 0 aromatic heterocycles. The fraction of sp³-hybridized carbons (Fsp3) is 0.533. The monoisotopic (exact) mass is 298 g/mol. The molecular weight excluding hydrogens is 275 g/mol. The Morgan fingerprint density at radius 3 is 2.76 bits per heavy atom. The fourth-order valence-corrected chi connectivity index (χ4v) is 2.02. The van der Waals surface area contributed by atoms with E-state index in [4.69, 9.17) is 15.2 Å². The molecule has 3 N–H and O–H groups in total. The molecule has 0 aliphatic carbocycles. The first kappa shape index (κ1) is 17.4. The van der Waals surface area contributed by atoms with Crippen molar-refractivity contribution in [1.29, 1.82) is 0 Å². The molecule has 0 saturated carbocycles. The minimum Gasteiger partial charge on any atom is -0.496 e. The van der Waals surface area contributed by atoms with Gasteiger partial charge in [0.15, 0.2) is 0 Å². The Morgan fingerprint density at radius 1 is 1.43 bits per heavy atom. The molecule has 0 heterocycles. The molecule has 5 nitrogen and oxygen atoms in total. The lowest BCUT2D eigenvalue weighted by Gasteiger charge is -2.19. The molecule has 118 valence electrons. The summed E-state index contributed by atoms with van der Waals surface area (Å²) in [5.74, 6) is -0.127. The zero-order valence-corrected chi connectivity index (χ0v) is 12.7. The molecule has 0 spiro atoms. The minimum atomic E-state index is -0.609. The maximum Gasteiger partial charge on any atom is 0.237 e. The molecule has 0 radical (unpaired) electrons. The van der Waals surface area contributed by atoms with Crippen molar-refractivity contribution in [1.82, 2.24) is 5.32 Å². The third-order valence-corrected chi connectivity index (χ3v) is 3.22. The number of carbonyl (C=O) groups is 1. The van der Waals surface area contributed by atoms with Gasteiger partial charge < -0.3 is 20.5 Å². The average molecular weight is 298 g/mol. The van der Waals surface area contributed by atoms with Crippen molar-refractivity contribution in [3.05, 3.63) is 29.6 Å². The van der Waals surface area contributed by atoms with E-state index in [2.05, 4.69) is 5.32 Å². The molecule has 1 rings (SSSR count). The highest BCUT2D eigenvalue weighted by molar-refractivity contribution is 5.81. The summed E-state index contributed by atoms with van der Waals surface area (Å²) in [6.45, 7) is 2.32. The van der Waals surface area contributed by atoms with Gasteiger partial charge in [-0.1, -0.05) is 0 Å². The molecule has 0 fully saturated rings. The SMILES string of the molecule is COCCCC(N)C(=O)NC(C)c1cc(F)ccc1OC. The summed E-state index contributed by atoms with van der Waals surface area (Å²) in [4.78, 5) is 12.0. The molecule has 2 atom stereocenters. The Bertz CT molecular complexity index is 468. The quantitative estimate of drug-likeness (QED) is 0.717. The average Bonchev–Trinajstić information content (AvgIpc) is 2.47. The number of ether oxygens (including phenoxy) is 2. The van der Waals surface area contributed by atoms with Gasteiger partial charge in [-0.25, -0.2) is 4.39 Å². The Balaban J connectivity index is 2.65. The van der Waals surface area contributed by atoms with E-state index in [9.17, 15) is 9.18 Å². The number of rotatable bonds is 8. The number of carbonyl (C=O) groups excluding carboxylic acids is 1. The molecule has 2 unspecified atom stereocenters. The zero-order chi connectivity index (χ0) is 15.8. The number of hydrogen-bond acceptors (Lipinski definition) is 4. The van der Waals surface area contributed by atoms with Crippen molar-refractivity contribution in [2.45, 2.75) is 31.8 Å². The van der Waals surface area contributed by atoms with Crippen molar-refractivity contribution in [2.24, 2.45) is 5.73 Å². The van der Waals surface area contributed by atoms with Crippen LogP contribution in [-0.2, 0) is 9.53 Å². The van der Waals surface area contributed by atoms with Crippen LogP contribution in [0.15, 0.2) is 18.2 Å². The highest BCUT2D eigenvalue weighted by Crippen LogP contribution is 2.25. The van der Waals surface area contributed by atoms with Crippen LogP contribution < -0.4 is 15.8 Å². The zero-order valence-electron chi connectivity index (χ0n) is 12.7. The lowest BCUT2D eigenvalue weighted by molar-refractivity contribution is -0.123. The standard InChI is InChI=1S/C15H23FN2O3/c1-10(12-9-11(16)6-7-14(12)21-3)18-15(19)13(17)5-4-8-20-2/h6-7,9-10,13H,4-5,8,17H2,1-3H3,(H,18,19). The van der Waals surface area contributed by atoms with Crippen molar-refractivity contribution in [2.75, 3.05) is 20.8 Å². The summed E-state index contributed by atoms with van der Waals surface area (Å²) < 4.78 is 23.4. The Hall–Kier alpha value is -1.66. The van der Waals surface area contributed by atoms with E-state index in [1.165, 1.54) is 25.3 Å². The predicted molar refractivity (Wildman–Crippen MR) is 78.6 cm³/mol. The van der Waals surface area contributed by atoms with Crippen LogP contribution >= 0.6 is 0 Å². The van der Waals surface area contributed by atoms with Gasteiger partial charge in [0.2, 0.25) is 5.91 Å². The highest BCUT2D eigenvalue weighted by atomic mass is 19.1. The van der Waals surface area contributed by atoms with Crippen LogP contribution in [0.5, 0.6) is 5.75 Å². The van der Waals surface area contributed by atoms with E-state index < -0.39 is 12.1 Å². The van der Waals surface area contributed by atoms with Gasteiger partial charge in [-0.05, 0) is 38.0 Å². The van der Waals surface area contributed by atoms with Gasteiger partial charge >= 0.3 is 0 Å². The van der Waals surface area contributed by atoms with Gasteiger partial charge in [-0.2, -0.15) is 0 Å². The molecule has 1 aromatic rings. The van der Waals surface area contributed by atoms with Gasteiger partial charge in [-0.3, -0.25) is 4.79 Å². The summed E-state index contributed by atoms with van der Waals surface area (Å²) in [5, 5.41) is 2.77. The number of halogens is 1. The van der Waals surface area contributed by atoms with Crippen molar-refractivity contribution in [3.63, 3.8) is 0 Å². The van der Waals surface area contributed by atoms with Gasteiger partial charge in [0.1, 0.15) is 11.6 Å². The molecule has 21 heavy (non-hydrogen) atoms. The maximum absolute atomic E-state index is 13.3. The number of benzene rings is 1. The van der Waals surface area contributed by atoms with Crippen LogP contribution in [0.25, 0.3) is 0 Å². The third kappa shape index (κ3) is 5.32. The molecule has 0 saturated heterocycles. The first-order valence-electron chi connectivity index (χ1n) is 6.88. The summed E-state index contributed by atoms with van der Waals surface area (Å²) in [5.41, 5.74) is 6.39. The van der Waals surface area contributed by atoms with E-state index in [1.807, 2.05) is 0 Å². The van der Waals surface area contributed by atoms with Crippen molar-refractivity contribution < 1.29 is 18.7 Å². The van der Waals surface area contributed by atoms with Crippen molar-refractivity contribution in [3.8, 4) is 5.75 Å². The van der Waals surface area contributed by atoms with E-state index in [-0.39, 0.29) is 11.7 Å². The second-order valence-corrected chi connectivity index (χ2v) is 4.86. The normalized spacial score (nSPS) is 13.6. The lowest BCUT2D eigenvalue weighted by atomic mass is 10.1. The molecule has 0 aliphatic rings. The van der Waals surface area contributed by atoms with Gasteiger partial charge in [0, 0.05) is 19.3 Å². The summed E-state index contributed by atoms with van der Waals surface area (Å²) in [7, 11) is 3.10. The van der Waals surface area contributed by atoms with Gasteiger partial charge in [0.05, 0.1) is 19.2 Å². The molecule has 1 amide bonds. The molecule has 0 aliphatic heterocycles. The molecular formula is C15H23FN2O3. The van der Waals surface area contributed by atoms with E-state index >= 15 is 0 Å². The maximum atomic E-state index is 13.3. The van der Waals surface area contributed by atoms with Gasteiger partial charge in [-0.15, -0.1) is 0 Å². The number of hydrogen-bond donors (Lipinski definition) is 2. The number of nitrogens with two attached hydrogens (primary N) is 1. The third-order valence-electron chi connectivity index (χ3n) is 3.22. The molecule has 0 bridgehead atoms. The fourth-order valence-electron chi connectivity index (χ4n) is 2.02. The summed E-state index contributed by atoms with van der Waals surface area (Å²) in [6, 6.07) is 3.19.